The van der Waals surface area contributed by atoms with Crippen LogP contribution in [0.15, 0.2) is 24.3 Å². The van der Waals surface area contributed by atoms with Crippen LogP contribution in [0.25, 0.3) is 0 Å². The van der Waals surface area contributed by atoms with Crippen molar-refractivity contribution >= 4 is 29.9 Å². The molecule has 6 nitrogen and oxygen atoms in total. The van der Waals surface area contributed by atoms with Gasteiger partial charge in [-0.15, -0.1) is 12.4 Å². The molecule has 0 radical (unpaired) electrons. The van der Waals surface area contributed by atoms with Crippen molar-refractivity contribution in [3.05, 3.63) is 29.8 Å². The summed E-state index contributed by atoms with van der Waals surface area (Å²) in [5.74, 6) is -0.0983. The van der Waals surface area contributed by atoms with E-state index in [9.17, 15) is 9.59 Å². The number of rotatable bonds is 7. The van der Waals surface area contributed by atoms with E-state index in [0.717, 1.165) is 37.2 Å². The van der Waals surface area contributed by atoms with Crippen molar-refractivity contribution < 1.29 is 14.3 Å². The van der Waals surface area contributed by atoms with Crippen LogP contribution in [0.1, 0.15) is 31.2 Å². The Hall–Kier alpha value is -1.63. The maximum absolute atomic E-state index is 12.3. The molecule has 0 bridgehead atoms. The number of carbonyl (C=O) groups is 2. The minimum atomic E-state index is -0.137. The number of halogens is 1. The van der Waals surface area contributed by atoms with Crippen LogP contribution in [0.2, 0.25) is 0 Å². The van der Waals surface area contributed by atoms with Crippen molar-refractivity contribution in [1.82, 2.24) is 10.6 Å². The number of carbonyl (C=O) groups excluding carboxylic acids is 2. The number of methoxy groups -OCH3 is 1. The van der Waals surface area contributed by atoms with Crippen LogP contribution in [-0.2, 0) is 20.7 Å². The first kappa shape index (κ1) is 21.7. The molecule has 2 amide bonds. The number of amides is 2. The molecule has 27 heavy (non-hydrogen) atoms. The van der Waals surface area contributed by atoms with E-state index < -0.39 is 0 Å². The first-order chi connectivity index (χ1) is 12.6. The lowest BCUT2D eigenvalue weighted by Crippen LogP contribution is -2.47. The number of nitrogens with one attached hydrogen (secondary N) is 3. The number of fused-ring (bicyclic) bond motifs is 1. The van der Waals surface area contributed by atoms with Gasteiger partial charge in [-0.2, -0.15) is 0 Å². The van der Waals surface area contributed by atoms with E-state index in [2.05, 4.69) is 16.0 Å². The lowest BCUT2D eigenvalue weighted by Gasteiger charge is -2.37. The Bertz CT molecular complexity index is 642. The summed E-state index contributed by atoms with van der Waals surface area (Å²) in [6.45, 7) is 3.22. The predicted octanol–water partition coefficient (Wildman–Crippen LogP) is 2.13. The van der Waals surface area contributed by atoms with Crippen LogP contribution in [0, 0.1) is 11.3 Å². The van der Waals surface area contributed by atoms with E-state index in [0.29, 0.717) is 32.4 Å². The third-order valence-corrected chi connectivity index (χ3v) is 5.61. The van der Waals surface area contributed by atoms with Crippen LogP contribution in [-0.4, -0.2) is 45.2 Å². The van der Waals surface area contributed by atoms with Gasteiger partial charge in [0.1, 0.15) is 0 Å². The molecule has 0 spiro atoms. The number of anilines is 1. The molecule has 1 saturated heterocycles. The minimum Gasteiger partial charge on any atom is -0.384 e. The maximum Gasteiger partial charge on any atom is 0.227 e. The molecule has 1 aromatic rings. The Morgan fingerprint density at radius 1 is 1.30 bits per heavy atom. The van der Waals surface area contributed by atoms with Crippen LogP contribution in [0.5, 0.6) is 0 Å². The highest BCUT2D eigenvalue weighted by Crippen LogP contribution is 2.29. The standard InChI is InChI=1S/C20H29N3O3.ClH/c1-26-14-20(8-10-21-11-9-20)13-22-18(24)7-6-16-12-15-4-2-3-5-17(15)23-19(16)25;/h2-5,16,21H,6-14H2,1H3,(H,22,24)(H,23,25);1H. The molecule has 1 aromatic carbocycles. The molecule has 3 N–H and O–H groups in total. The highest BCUT2D eigenvalue weighted by molar-refractivity contribution is 5.96. The van der Waals surface area contributed by atoms with Crippen molar-refractivity contribution in [3.63, 3.8) is 0 Å². The summed E-state index contributed by atoms with van der Waals surface area (Å²) < 4.78 is 5.39. The first-order valence-corrected chi connectivity index (χ1v) is 9.47. The van der Waals surface area contributed by atoms with E-state index in [4.69, 9.17) is 4.74 Å². The number of benzene rings is 1. The highest BCUT2D eigenvalue weighted by atomic mass is 35.5. The first-order valence-electron chi connectivity index (χ1n) is 9.47. The maximum atomic E-state index is 12.3. The molecule has 0 aliphatic carbocycles. The fourth-order valence-corrected chi connectivity index (χ4v) is 3.96. The summed E-state index contributed by atoms with van der Waals surface area (Å²) >= 11 is 0. The minimum absolute atomic E-state index is 0. The quantitative estimate of drug-likeness (QED) is 0.660. The van der Waals surface area contributed by atoms with Gasteiger partial charge in [-0.05, 0) is 50.4 Å². The van der Waals surface area contributed by atoms with Gasteiger partial charge < -0.3 is 20.7 Å². The molecule has 2 aliphatic rings. The molecule has 150 valence electrons. The monoisotopic (exact) mass is 395 g/mol. The Morgan fingerprint density at radius 3 is 2.78 bits per heavy atom. The second-order valence-electron chi connectivity index (χ2n) is 7.55. The Labute approximate surface area is 167 Å². The second-order valence-corrected chi connectivity index (χ2v) is 7.55. The van der Waals surface area contributed by atoms with Crippen molar-refractivity contribution in [1.29, 1.82) is 0 Å². The summed E-state index contributed by atoms with van der Waals surface area (Å²) in [6, 6.07) is 7.86. The van der Waals surface area contributed by atoms with Crippen molar-refractivity contribution in [2.75, 3.05) is 38.7 Å². The van der Waals surface area contributed by atoms with E-state index in [-0.39, 0.29) is 35.6 Å². The number of ether oxygens (including phenoxy) is 1. The van der Waals surface area contributed by atoms with Gasteiger partial charge in [0.05, 0.1) is 6.61 Å². The molecule has 2 aliphatic heterocycles. The zero-order valence-corrected chi connectivity index (χ0v) is 16.7. The molecular formula is C20H30ClN3O3. The third-order valence-electron chi connectivity index (χ3n) is 5.61. The lowest BCUT2D eigenvalue weighted by molar-refractivity contribution is -0.123. The summed E-state index contributed by atoms with van der Waals surface area (Å²) in [6.07, 6.45) is 3.66. The van der Waals surface area contributed by atoms with Gasteiger partial charge >= 0.3 is 0 Å². The molecule has 3 rings (SSSR count). The SMILES string of the molecule is COCC1(CNC(=O)CCC2Cc3ccccc3NC2=O)CCNCC1.Cl. The summed E-state index contributed by atoms with van der Waals surface area (Å²) in [7, 11) is 1.71. The highest BCUT2D eigenvalue weighted by Gasteiger charge is 2.32. The molecule has 0 aromatic heterocycles. The Kier molecular flexibility index (Phi) is 8.07. The predicted molar refractivity (Wildman–Crippen MR) is 108 cm³/mol. The van der Waals surface area contributed by atoms with Gasteiger partial charge in [-0.1, -0.05) is 18.2 Å². The van der Waals surface area contributed by atoms with Gasteiger partial charge in [0.15, 0.2) is 0 Å². The van der Waals surface area contributed by atoms with E-state index in [1.54, 1.807) is 7.11 Å². The van der Waals surface area contributed by atoms with E-state index in [1.807, 2.05) is 24.3 Å². The van der Waals surface area contributed by atoms with Crippen molar-refractivity contribution in [2.45, 2.75) is 32.1 Å². The lowest BCUT2D eigenvalue weighted by atomic mass is 9.79. The molecule has 7 heteroatoms. The van der Waals surface area contributed by atoms with Gasteiger partial charge in [-0.3, -0.25) is 9.59 Å². The molecule has 0 saturated carbocycles. The second kappa shape index (κ2) is 10.1. The number of hydrogen-bond donors (Lipinski definition) is 3. The zero-order valence-electron chi connectivity index (χ0n) is 15.9. The van der Waals surface area contributed by atoms with Gasteiger partial charge in [0.25, 0.3) is 0 Å². The Morgan fingerprint density at radius 2 is 2.04 bits per heavy atom. The topological polar surface area (TPSA) is 79.5 Å². The fourth-order valence-electron chi connectivity index (χ4n) is 3.96. The smallest absolute Gasteiger partial charge is 0.227 e. The summed E-state index contributed by atoms with van der Waals surface area (Å²) in [5, 5.41) is 9.37. The van der Waals surface area contributed by atoms with Gasteiger partial charge in [0.2, 0.25) is 11.8 Å². The van der Waals surface area contributed by atoms with Crippen LogP contribution >= 0.6 is 12.4 Å². The number of piperidine rings is 1. The van der Waals surface area contributed by atoms with E-state index in [1.165, 1.54) is 0 Å². The normalized spacial score (nSPS) is 20.8. The number of para-hydroxylation sites is 1. The fraction of sp³-hybridized carbons (Fsp3) is 0.600. The van der Waals surface area contributed by atoms with Crippen LogP contribution in [0.3, 0.4) is 0 Å². The van der Waals surface area contributed by atoms with Crippen LogP contribution in [0.4, 0.5) is 5.69 Å². The van der Waals surface area contributed by atoms with Crippen molar-refractivity contribution in [3.8, 4) is 0 Å². The van der Waals surface area contributed by atoms with Gasteiger partial charge in [0, 0.05) is 37.1 Å². The van der Waals surface area contributed by atoms with Gasteiger partial charge in [-0.25, -0.2) is 0 Å². The average Bonchev–Trinajstić information content (AvgIpc) is 2.66. The summed E-state index contributed by atoms with van der Waals surface area (Å²) in [4.78, 5) is 24.6. The molecule has 1 atom stereocenters. The zero-order chi connectivity index (χ0) is 18.4. The molecule has 1 fully saturated rings. The van der Waals surface area contributed by atoms with Crippen molar-refractivity contribution in [2.24, 2.45) is 11.3 Å². The number of hydrogen-bond acceptors (Lipinski definition) is 4. The Balaban J connectivity index is 0.00000261. The molecular weight excluding hydrogens is 366 g/mol. The molecule has 2 heterocycles. The van der Waals surface area contributed by atoms with E-state index >= 15 is 0 Å². The summed E-state index contributed by atoms with van der Waals surface area (Å²) in [5.41, 5.74) is 2.06. The van der Waals surface area contributed by atoms with Crippen LogP contribution < -0.4 is 16.0 Å². The molecule has 1 unspecified atom stereocenters. The average molecular weight is 396 g/mol. The third kappa shape index (κ3) is 5.67. The largest absolute Gasteiger partial charge is 0.384 e.